The summed E-state index contributed by atoms with van der Waals surface area (Å²) in [6.45, 7) is 1.42. The first kappa shape index (κ1) is 18.2. The van der Waals surface area contributed by atoms with Crippen molar-refractivity contribution in [3.63, 3.8) is 0 Å². The van der Waals surface area contributed by atoms with Gasteiger partial charge in [0.15, 0.2) is 0 Å². The second kappa shape index (κ2) is 7.09. The maximum absolute atomic E-state index is 13.2. The Bertz CT molecular complexity index is 1060. The fraction of sp³-hybridized carbons (Fsp3) is 0.211. The van der Waals surface area contributed by atoms with Crippen LogP contribution in [-0.4, -0.2) is 26.5 Å². The fourth-order valence-electron chi connectivity index (χ4n) is 3.03. The summed E-state index contributed by atoms with van der Waals surface area (Å²) >= 11 is 3.31. The van der Waals surface area contributed by atoms with E-state index >= 15 is 0 Å². The number of benzene rings is 2. The van der Waals surface area contributed by atoms with Crippen molar-refractivity contribution < 1.29 is 17.2 Å². The van der Waals surface area contributed by atoms with Crippen LogP contribution in [0.1, 0.15) is 12.8 Å². The standard InChI is InChI=1S/C19H16BrFN2O3S/c20-14-5-9-16(10-6-14)27(24,25)18-19(23-11-1-2-12-23)26-17(22-18)13-3-7-15(21)8-4-13/h3-10H,1-2,11-12H2. The molecule has 1 saturated heterocycles. The number of anilines is 1. The maximum atomic E-state index is 13.2. The second-order valence-corrected chi connectivity index (χ2v) is 9.07. The molecule has 0 bridgehead atoms. The third kappa shape index (κ3) is 3.51. The fourth-order valence-corrected chi connectivity index (χ4v) is 4.62. The first-order chi connectivity index (χ1) is 12.9. The molecule has 1 fully saturated rings. The van der Waals surface area contributed by atoms with Crippen LogP contribution < -0.4 is 4.90 Å². The Morgan fingerprint density at radius 3 is 2.26 bits per heavy atom. The molecule has 0 amide bonds. The van der Waals surface area contributed by atoms with E-state index in [4.69, 9.17) is 4.42 Å². The molecule has 0 radical (unpaired) electrons. The summed E-state index contributed by atoms with van der Waals surface area (Å²) in [5.41, 5.74) is 0.522. The molecule has 1 aliphatic heterocycles. The van der Waals surface area contributed by atoms with Gasteiger partial charge in [-0.15, -0.1) is 0 Å². The molecule has 2 aromatic carbocycles. The average Bonchev–Trinajstić information content (AvgIpc) is 3.32. The molecular weight excluding hydrogens is 435 g/mol. The molecule has 0 N–H and O–H groups in total. The molecule has 1 aromatic heterocycles. The Hall–Kier alpha value is -2.19. The van der Waals surface area contributed by atoms with Crippen molar-refractivity contribution in [2.75, 3.05) is 18.0 Å². The van der Waals surface area contributed by atoms with Crippen molar-refractivity contribution in [1.29, 1.82) is 0 Å². The molecule has 27 heavy (non-hydrogen) atoms. The highest BCUT2D eigenvalue weighted by atomic mass is 79.9. The van der Waals surface area contributed by atoms with E-state index < -0.39 is 9.84 Å². The van der Waals surface area contributed by atoms with Crippen LogP contribution in [0, 0.1) is 5.82 Å². The molecule has 0 unspecified atom stereocenters. The molecule has 8 heteroatoms. The third-order valence-corrected chi connectivity index (χ3v) is 6.64. The molecule has 0 aliphatic carbocycles. The Kier molecular flexibility index (Phi) is 4.77. The van der Waals surface area contributed by atoms with Gasteiger partial charge in [-0.2, -0.15) is 4.98 Å². The van der Waals surface area contributed by atoms with Crippen LogP contribution in [0.3, 0.4) is 0 Å². The SMILES string of the molecule is O=S(=O)(c1ccc(Br)cc1)c1nc(-c2ccc(F)cc2)oc1N1CCCC1. The summed E-state index contributed by atoms with van der Waals surface area (Å²) in [5.74, 6) is 0.0233. The number of rotatable bonds is 4. The van der Waals surface area contributed by atoms with E-state index in [1.165, 1.54) is 36.4 Å². The smallest absolute Gasteiger partial charge is 0.236 e. The molecule has 0 saturated carbocycles. The van der Waals surface area contributed by atoms with Gasteiger partial charge in [0.25, 0.3) is 0 Å². The van der Waals surface area contributed by atoms with Gasteiger partial charge in [-0.05, 0) is 61.4 Å². The number of oxazole rings is 1. The summed E-state index contributed by atoms with van der Waals surface area (Å²) in [7, 11) is -3.86. The van der Waals surface area contributed by atoms with E-state index in [1.54, 1.807) is 12.1 Å². The minimum Gasteiger partial charge on any atom is -0.419 e. The minimum atomic E-state index is -3.86. The van der Waals surface area contributed by atoms with Crippen LogP contribution in [0.2, 0.25) is 0 Å². The lowest BCUT2D eigenvalue weighted by Crippen LogP contribution is -2.19. The number of hydrogen-bond donors (Lipinski definition) is 0. The lowest BCUT2D eigenvalue weighted by Gasteiger charge is -2.14. The van der Waals surface area contributed by atoms with Crippen molar-refractivity contribution >= 4 is 31.7 Å². The van der Waals surface area contributed by atoms with E-state index in [1.807, 2.05) is 4.90 Å². The molecular formula is C19H16BrFN2O3S. The monoisotopic (exact) mass is 450 g/mol. The zero-order valence-electron chi connectivity index (χ0n) is 14.2. The Balaban J connectivity index is 1.85. The zero-order valence-corrected chi connectivity index (χ0v) is 16.6. The van der Waals surface area contributed by atoms with Crippen molar-refractivity contribution in [2.45, 2.75) is 22.8 Å². The summed E-state index contributed by atoms with van der Waals surface area (Å²) < 4.78 is 46.3. The van der Waals surface area contributed by atoms with Crippen molar-refractivity contribution in [3.05, 3.63) is 58.8 Å². The molecule has 0 spiro atoms. The van der Waals surface area contributed by atoms with Gasteiger partial charge in [-0.1, -0.05) is 15.9 Å². The van der Waals surface area contributed by atoms with Gasteiger partial charge in [0.1, 0.15) is 5.82 Å². The first-order valence-corrected chi connectivity index (χ1v) is 10.7. The number of halogens is 2. The van der Waals surface area contributed by atoms with Crippen LogP contribution in [0.5, 0.6) is 0 Å². The molecule has 5 nitrogen and oxygen atoms in total. The van der Waals surface area contributed by atoms with Crippen LogP contribution in [0.15, 0.2) is 67.3 Å². The van der Waals surface area contributed by atoms with Crippen LogP contribution in [0.4, 0.5) is 10.3 Å². The largest absolute Gasteiger partial charge is 0.419 e. The van der Waals surface area contributed by atoms with E-state index in [2.05, 4.69) is 20.9 Å². The lowest BCUT2D eigenvalue weighted by molar-refractivity contribution is 0.556. The van der Waals surface area contributed by atoms with Crippen LogP contribution >= 0.6 is 15.9 Å². The van der Waals surface area contributed by atoms with Crippen molar-refractivity contribution in [1.82, 2.24) is 4.98 Å². The maximum Gasteiger partial charge on any atom is 0.236 e. The number of nitrogens with zero attached hydrogens (tertiary/aromatic N) is 2. The average molecular weight is 451 g/mol. The molecule has 140 valence electrons. The van der Waals surface area contributed by atoms with E-state index in [9.17, 15) is 12.8 Å². The summed E-state index contributed by atoms with van der Waals surface area (Å²) in [4.78, 5) is 6.33. The highest BCUT2D eigenvalue weighted by Gasteiger charge is 2.32. The van der Waals surface area contributed by atoms with Gasteiger partial charge >= 0.3 is 0 Å². The highest BCUT2D eigenvalue weighted by molar-refractivity contribution is 9.10. The van der Waals surface area contributed by atoms with Gasteiger partial charge < -0.3 is 9.32 Å². The van der Waals surface area contributed by atoms with Gasteiger partial charge in [-0.3, -0.25) is 0 Å². The molecule has 4 rings (SSSR count). The van der Waals surface area contributed by atoms with Gasteiger partial charge in [0.2, 0.25) is 26.6 Å². The van der Waals surface area contributed by atoms with Crippen molar-refractivity contribution in [2.24, 2.45) is 0 Å². The van der Waals surface area contributed by atoms with E-state index in [0.717, 1.165) is 17.3 Å². The summed E-state index contributed by atoms with van der Waals surface area (Å²) in [6.07, 6.45) is 1.93. The summed E-state index contributed by atoms with van der Waals surface area (Å²) in [5, 5.41) is -0.106. The van der Waals surface area contributed by atoms with Gasteiger partial charge in [0, 0.05) is 23.1 Å². The topological polar surface area (TPSA) is 63.4 Å². The summed E-state index contributed by atoms with van der Waals surface area (Å²) in [6, 6.07) is 12.0. The highest BCUT2D eigenvalue weighted by Crippen LogP contribution is 2.36. The van der Waals surface area contributed by atoms with Gasteiger partial charge in [0.05, 0.1) is 4.90 Å². The van der Waals surface area contributed by atoms with Crippen LogP contribution in [-0.2, 0) is 9.84 Å². The van der Waals surface area contributed by atoms with E-state index in [-0.39, 0.29) is 27.5 Å². The predicted octanol–water partition coefficient (Wildman–Crippen LogP) is 4.68. The number of sulfone groups is 1. The Morgan fingerprint density at radius 2 is 1.63 bits per heavy atom. The third-order valence-electron chi connectivity index (χ3n) is 4.44. The first-order valence-electron chi connectivity index (χ1n) is 8.47. The quantitative estimate of drug-likeness (QED) is 0.577. The van der Waals surface area contributed by atoms with Crippen LogP contribution in [0.25, 0.3) is 11.5 Å². The van der Waals surface area contributed by atoms with Crippen molar-refractivity contribution in [3.8, 4) is 11.5 Å². The minimum absolute atomic E-state index is 0.106. The second-order valence-electron chi connectivity index (χ2n) is 6.29. The molecule has 2 heterocycles. The Morgan fingerprint density at radius 1 is 1.00 bits per heavy atom. The number of aromatic nitrogens is 1. The van der Waals surface area contributed by atoms with Gasteiger partial charge in [-0.25, -0.2) is 12.8 Å². The zero-order chi connectivity index (χ0) is 19.0. The molecule has 3 aromatic rings. The van der Waals surface area contributed by atoms with E-state index in [0.29, 0.717) is 18.7 Å². The Labute approximate surface area is 164 Å². The number of hydrogen-bond acceptors (Lipinski definition) is 5. The lowest BCUT2D eigenvalue weighted by atomic mass is 10.2. The normalized spacial score (nSPS) is 14.7. The molecule has 1 aliphatic rings. The predicted molar refractivity (Wildman–Crippen MR) is 103 cm³/mol. The molecule has 0 atom stereocenters.